The lowest BCUT2D eigenvalue weighted by atomic mass is 10.1. The Kier molecular flexibility index (Phi) is 5.54. The van der Waals surface area contributed by atoms with Crippen molar-refractivity contribution in [3.05, 3.63) is 53.2 Å². The highest BCUT2D eigenvalue weighted by Crippen LogP contribution is 2.26. The summed E-state index contributed by atoms with van der Waals surface area (Å²) < 4.78 is 11.2. The molecule has 1 aromatic heterocycles. The van der Waals surface area contributed by atoms with E-state index in [0.717, 1.165) is 11.1 Å². The zero-order valence-electron chi connectivity index (χ0n) is 16.0. The summed E-state index contributed by atoms with van der Waals surface area (Å²) >= 11 is 0. The van der Waals surface area contributed by atoms with Crippen molar-refractivity contribution in [3.8, 4) is 11.6 Å². The minimum atomic E-state index is -0.391. The fourth-order valence-corrected chi connectivity index (χ4v) is 2.71. The van der Waals surface area contributed by atoms with Gasteiger partial charge in [0.25, 0.3) is 5.91 Å². The van der Waals surface area contributed by atoms with Crippen LogP contribution in [0.5, 0.6) is 11.6 Å². The van der Waals surface area contributed by atoms with E-state index in [1.165, 1.54) is 0 Å². The number of carbonyl (C=O) groups excluding carboxylic acids is 1. The van der Waals surface area contributed by atoms with Crippen LogP contribution in [0.2, 0.25) is 0 Å². The summed E-state index contributed by atoms with van der Waals surface area (Å²) in [7, 11) is 0. The number of carbonyl (C=O) groups is 1. The molecule has 3 aromatic rings. The molecule has 0 atom stereocenters. The third kappa shape index (κ3) is 4.00. The first-order chi connectivity index (χ1) is 13.0. The Labute approximate surface area is 158 Å². The van der Waals surface area contributed by atoms with Crippen LogP contribution in [-0.4, -0.2) is 29.1 Å². The van der Waals surface area contributed by atoms with Crippen LogP contribution in [-0.2, 0) is 0 Å². The van der Waals surface area contributed by atoms with Crippen molar-refractivity contribution in [1.29, 1.82) is 0 Å². The lowest BCUT2D eigenvalue weighted by Gasteiger charge is -2.13. The Bertz CT molecular complexity index is 986. The number of hydrogen-bond acceptors (Lipinski definition) is 5. The lowest BCUT2D eigenvalue weighted by molar-refractivity contribution is 0.101. The van der Waals surface area contributed by atoms with Crippen LogP contribution in [0.15, 0.2) is 36.4 Å². The van der Waals surface area contributed by atoms with Gasteiger partial charge in [0.1, 0.15) is 5.75 Å². The average Bonchev–Trinajstić information content (AvgIpc) is 2.64. The first-order valence-electron chi connectivity index (χ1n) is 8.98. The van der Waals surface area contributed by atoms with E-state index in [9.17, 15) is 4.79 Å². The summed E-state index contributed by atoms with van der Waals surface area (Å²) in [5, 5.41) is 2.85. The quantitative estimate of drug-likeness (QED) is 0.705. The van der Waals surface area contributed by atoms with Crippen molar-refractivity contribution in [2.45, 2.75) is 27.7 Å². The van der Waals surface area contributed by atoms with E-state index in [4.69, 9.17) is 9.47 Å². The summed E-state index contributed by atoms with van der Waals surface area (Å²) in [4.78, 5) is 22.0. The molecule has 0 fully saturated rings. The molecule has 0 radical (unpaired) electrons. The van der Waals surface area contributed by atoms with Gasteiger partial charge in [0.2, 0.25) is 5.88 Å². The normalized spacial score (nSPS) is 10.7. The maximum Gasteiger partial charge on any atom is 0.280 e. The van der Waals surface area contributed by atoms with Crippen molar-refractivity contribution < 1.29 is 14.3 Å². The molecule has 0 aliphatic heterocycles. The second-order valence-electron chi connectivity index (χ2n) is 6.12. The van der Waals surface area contributed by atoms with E-state index in [-0.39, 0.29) is 11.6 Å². The summed E-state index contributed by atoms with van der Waals surface area (Å²) in [5.41, 5.74) is 4.29. The molecule has 0 saturated carbocycles. The van der Waals surface area contributed by atoms with Gasteiger partial charge in [-0.3, -0.25) is 4.79 Å². The minimum Gasteiger partial charge on any atom is -0.492 e. The second kappa shape index (κ2) is 8.03. The molecule has 3 rings (SSSR count). The molecule has 0 spiro atoms. The topological polar surface area (TPSA) is 73.3 Å². The van der Waals surface area contributed by atoms with Gasteiger partial charge < -0.3 is 14.8 Å². The van der Waals surface area contributed by atoms with Crippen LogP contribution in [0.1, 0.15) is 35.5 Å². The van der Waals surface area contributed by atoms with E-state index in [1.54, 1.807) is 12.1 Å². The molecule has 1 N–H and O–H groups in total. The fourth-order valence-electron chi connectivity index (χ4n) is 2.71. The van der Waals surface area contributed by atoms with E-state index >= 15 is 0 Å². The molecular formula is C21H23N3O3. The van der Waals surface area contributed by atoms with Crippen LogP contribution in [0.4, 0.5) is 5.69 Å². The van der Waals surface area contributed by atoms with Crippen LogP contribution in [0.25, 0.3) is 11.0 Å². The maximum atomic E-state index is 12.9. The molecule has 1 amide bonds. The van der Waals surface area contributed by atoms with Crippen molar-refractivity contribution in [3.63, 3.8) is 0 Å². The number of aryl methyl sites for hydroxylation is 2. The number of anilines is 1. The van der Waals surface area contributed by atoms with Gasteiger partial charge in [0.15, 0.2) is 5.69 Å². The molecule has 0 saturated heterocycles. The number of rotatable bonds is 6. The number of fused-ring (bicyclic) bond motifs is 1. The zero-order valence-corrected chi connectivity index (χ0v) is 16.0. The Hall–Kier alpha value is -3.15. The van der Waals surface area contributed by atoms with Gasteiger partial charge in [0.05, 0.1) is 29.9 Å². The molecule has 6 heteroatoms. The smallest absolute Gasteiger partial charge is 0.280 e. The van der Waals surface area contributed by atoms with E-state index in [1.807, 2.05) is 52.0 Å². The molecule has 0 bridgehead atoms. The van der Waals surface area contributed by atoms with Gasteiger partial charge in [-0.05, 0) is 63.1 Å². The molecule has 6 nitrogen and oxygen atoms in total. The van der Waals surface area contributed by atoms with Gasteiger partial charge in [-0.1, -0.05) is 12.1 Å². The first kappa shape index (κ1) is 18.6. The molecule has 1 heterocycles. The zero-order chi connectivity index (χ0) is 19.4. The largest absolute Gasteiger partial charge is 0.492 e. The number of ether oxygens (including phenoxy) is 2. The highest BCUT2D eigenvalue weighted by Gasteiger charge is 2.19. The number of nitrogens with one attached hydrogen (secondary N) is 1. The number of para-hydroxylation sites is 2. The molecule has 0 unspecified atom stereocenters. The molecular weight excluding hydrogens is 342 g/mol. The lowest BCUT2D eigenvalue weighted by Crippen LogP contribution is -2.17. The van der Waals surface area contributed by atoms with Crippen molar-refractivity contribution in [2.75, 3.05) is 18.5 Å². The van der Waals surface area contributed by atoms with E-state index < -0.39 is 5.91 Å². The predicted molar refractivity (Wildman–Crippen MR) is 106 cm³/mol. The Morgan fingerprint density at radius 3 is 2.26 bits per heavy atom. The summed E-state index contributed by atoms with van der Waals surface area (Å²) in [6.45, 7) is 8.66. The predicted octanol–water partition coefficient (Wildman–Crippen LogP) is 4.30. The minimum absolute atomic E-state index is 0.152. The van der Waals surface area contributed by atoms with E-state index in [2.05, 4.69) is 15.3 Å². The number of aromatic nitrogens is 2. The molecule has 27 heavy (non-hydrogen) atoms. The van der Waals surface area contributed by atoms with Crippen LogP contribution in [0.3, 0.4) is 0 Å². The van der Waals surface area contributed by atoms with Crippen molar-refractivity contribution in [2.24, 2.45) is 0 Å². The maximum absolute atomic E-state index is 12.9. The van der Waals surface area contributed by atoms with Crippen LogP contribution < -0.4 is 14.8 Å². The Balaban J connectivity index is 2.02. The third-order valence-corrected chi connectivity index (χ3v) is 4.18. The Morgan fingerprint density at radius 2 is 1.59 bits per heavy atom. The molecule has 0 aliphatic rings. The van der Waals surface area contributed by atoms with Crippen molar-refractivity contribution in [1.82, 2.24) is 9.97 Å². The van der Waals surface area contributed by atoms with Gasteiger partial charge in [-0.25, -0.2) is 9.97 Å². The highest BCUT2D eigenvalue weighted by atomic mass is 16.5. The standard InChI is InChI=1S/C21H23N3O3/c1-5-26-18-10-8-7-9-15(18)23-20(25)19-21(27-6-2)24-17-12-14(4)13(3)11-16(17)22-19/h7-12H,5-6H2,1-4H3,(H,23,25). The molecule has 2 aromatic carbocycles. The number of amides is 1. The van der Waals surface area contributed by atoms with Gasteiger partial charge in [-0.15, -0.1) is 0 Å². The van der Waals surface area contributed by atoms with Gasteiger partial charge in [0, 0.05) is 0 Å². The second-order valence-corrected chi connectivity index (χ2v) is 6.12. The SMILES string of the molecule is CCOc1ccccc1NC(=O)c1nc2cc(C)c(C)cc2nc1OCC. The average molecular weight is 365 g/mol. The monoisotopic (exact) mass is 365 g/mol. The van der Waals surface area contributed by atoms with Crippen LogP contribution >= 0.6 is 0 Å². The highest BCUT2D eigenvalue weighted by molar-refractivity contribution is 6.06. The number of benzene rings is 2. The summed E-state index contributed by atoms with van der Waals surface area (Å²) in [6, 6.07) is 11.2. The van der Waals surface area contributed by atoms with Gasteiger partial charge in [-0.2, -0.15) is 0 Å². The van der Waals surface area contributed by atoms with Gasteiger partial charge >= 0.3 is 0 Å². The van der Waals surface area contributed by atoms with Crippen LogP contribution in [0, 0.1) is 13.8 Å². The van der Waals surface area contributed by atoms with E-state index in [0.29, 0.717) is 35.7 Å². The number of nitrogens with zero attached hydrogens (tertiary/aromatic N) is 2. The Morgan fingerprint density at radius 1 is 0.963 bits per heavy atom. The fraction of sp³-hybridized carbons (Fsp3) is 0.286. The van der Waals surface area contributed by atoms with Crippen molar-refractivity contribution >= 4 is 22.6 Å². The summed E-state index contributed by atoms with van der Waals surface area (Å²) in [5.74, 6) is 0.435. The number of hydrogen-bond donors (Lipinski definition) is 1. The molecule has 0 aliphatic carbocycles. The summed E-state index contributed by atoms with van der Waals surface area (Å²) in [6.07, 6.45) is 0. The first-order valence-corrected chi connectivity index (χ1v) is 8.98. The third-order valence-electron chi connectivity index (χ3n) is 4.18. The molecule has 140 valence electrons.